The fourth-order valence-electron chi connectivity index (χ4n) is 4.24. The van der Waals surface area contributed by atoms with E-state index < -0.39 is 23.9 Å². The Balaban J connectivity index is 1.67. The van der Waals surface area contributed by atoms with Crippen LogP contribution in [0.15, 0.2) is 46.4 Å². The van der Waals surface area contributed by atoms with Crippen molar-refractivity contribution >= 4 is 35.0 Å². The fourth-order valence-corrected chi connectivity index (χ4v) is 5.26. The third-order valence-electron chi connectivity index (χ3n) is 6.36. The Hall–Kier alpha value is -4.10. The van der Waals surface area contributed by atoms with Gasteiger partial charge in [0.2, 0.25) is 17.7 Å². The number of rotatable bonds is 5. The van der Waals surface area contributed by atoms with Crippen LogP contribution in [-0.4, -0.2) is 64.7 Å². The van der Waals surface area contributed by atoms with Gasteiger partial charge >= 0.3 is 0 Å². The Morgan fingerprint density at radius 3 is 2.62 bits per heavy atom. The van der Waals surface area contributed by atoms with Gasteiger partial charge in [-0.2, -0.15) is 0 Å². The smallest absolute Gasteiger partial charge is 0.273 e. The van der Waals surface area contributed by atoms with E-state index in [1.54, 1.807) is 5.38 Å². The summed E-state index contributed by atoms with van der Waals surface area (Å²) >= 11 is 1.26. The number of hydrogen-bond donors (Lipinski definition) is 4. The van der Waals surface area contributed by atoms with Gasteiger partial charge in [-0.1, -0.05) is 44.2 Å². The molecule has 2 atom stereocenters. The van der Waals surface area contributed by atoms with E-state index in [-0.39, 0.29) is 67.6 Å². The first kappa shape index (κ1) is 28.9. The van der Waals surface area contributed by atoms with Crippen LogP contribution in [0.3, 0.4) is 0 Å². The molecule has 4 amide bonds. The zero-order chi connectivity index (χ0) is 28.6. The van der Waals surface area contributed by atoms with Gasteiger partial charge < -0.3 is 31.0 Å². The minimum Gasteiger partial charge on any atom is -0.446 e. The molecule has 0 fully saturated rings. The molecule has 1 aliphatic rings. The van der Waals surface area contributed by atoms with Gasteiger partial charge in [0.25, 0.3) is 11.8 Å². The second kappa shape index (κ2) is 13.3. The van der Waals surface area contributed by atoms with Crippen molar-refractivity contribution in [1.82, 2.24) is 30.8 Å². The van der Waals surface area contributed by atoms with Gasteiger partial charge in [0.1, 0.15) is 23.0 Å². The van der Waals surface area contributed by atoms with Crippen molar-refractivity contribution in [1.29, 1.82) is 0 Å². The van der Waals surface area contributed by atoms with Gasteiger partial charge in [-0.15, -0.1) is 11.3 Å². The number of aromatic nitrogens is 2. The summed E-state index contributed by atoms with van der Waals surface area (Å²) in [6, 6.07) is 8.36. The molecule has 13 heteroatoms. The van der Waals surface area contributed by atoms with Crippen LogP contribution in [0.4, 0.5) is 0 Å². The molecule has 5 N–H and O–H groups in total. The topological polar surface area (TPSA) is 173 Å². The van der Waals surface area contributed by atoms with Gasteiger partial charge in [-0.05, 0) is 11.5 Å². The number of nitrogens with one attached hydrogen (secondary N) is 3. The second-order valence-electron chi connectivity index (χ2n) is 9.76. The second-order valence-corrected chi connectivity index (χ2v) is 10.6. The van der Waals surface area contributed by atoms with Crippen molar-refractivity contribution in [2.45, 2.75) is 38.8 Å². The SMILES string of the molecule is CC(C)[C@@H]1NC(=O)CN(C(=O)CCN)CCNC(=O)c2coc(n2)[C@H](Cc2ccccc2)NC(=O)c2csc1n2. The highest BCUT2D eigenvalue weighted by Crippen LogP contribution is 2.26. The highest BCUT2D eigenvalue weighted by molar-refractivity contribution is 7.09. The van der Waals surface area contributed by atoms with Crippen molar-refractivity contribution < 1.29 is 23.6 Å². The number of thiazole rings is 1. The predicted octanol–water partition coefficient (Wildman–Crippen LogP) is 1.58. The number of nitrogens with two attached hydrogens (primary N) is 1. The molecule has 0 spiro atoms. The maximum atomic E-state index is 13.3. The predicted molar refractivity (Wildman–Crippen MR) is 147 cm³/mol. The summed E-state index contributed by atoms with van der Waals surface area (Å²) in [5.74, 6) is -1.52. The van der Waals surface area contributed by atoms with Crippen LogP contribution < -0.4 is 21.7 Å². The van der Waals surface area contributed by atoms with Crippen LogP contribution in [0.5, 0.6) is 0 Å². The van der Waals surface area contributed by atoms with Crippen LogP contribution in [0.1, 0.15) is 69.8 Å². The first-order valence-corrected chi connectivity index (χ1v) is 13.9. The lowest BCUT2D eigenvalue weighted by Gasteiger charge is -2.25. The van der Waals surface area contributed by atoms with Crippen LogP contribution in [0, 0.1) is 5.92 Å². The van der Waals surface area contributed by atoms with Crippen molar-refractivity contribution in [3.05, 3.63) is 69.8 Å². The molecule has 0 unspecified atom stereocenters. The number of benzene rings is 1. The van der Waals surface area contributed by atoms with E-state index in [0.29, 0.717) is 11.4 Å². The number of carbonyl (C=O) groups excluding carboxylic acids is 4. The summed E-state index contributed by atoms with van der Waals surface area (Å²) < 4.78 is 5.64. The Labute approximate surface area is 235 Å². The van der Waals surface area contributed by atoms with Crippen LogP contribution in [-0.2, 0) is 16.0 Å². The summed E-state index contributed by atoms with van der Waals surface area (Å²) in [5, 5.41) is 10.8. The molecule has 12 nitrogen and oxygen atoms in total. The number of oxazole rings is 1. The van der Waals surface area contributed by atoms with Crippen molar-refractivity contribution in [3.8, 4) is 0 Å². The quantitative estimate of drug-likeness (QED) is 0.360. The molecule has 1 aromatic carbocycles. The van der Waals surface area contributed by atoms with E-state index in [1.165, 1.54) is 22.5 Å². The lowest BCUT2D eigenvalue weighted by molar-refractivity contribution is -0.136. The zero-order valence-corrected chi connectivity index (χ0v) is 23.2. The molecule has 1 aliphatic heterocycles. The summed E-state index contributed by atoms with van der Waals surface area (Å²) in [7, 11) is 0. The van der Waals surface area contributed by atoms with E-state index >= 15 is 0 Å². The van der Waals surface area contributed by atoms with Crippen molar-refractivity contribution in [2.24, 2.45) is 11.7 Å². The molecule has 0 saturated carbocycles. The summed E-state index contributed by atoms with van der Waals surface area (Å²) in [4.78, 5) is 62.0. The van der Waals surface area contributed by atoms with E-state index in [2.05, 4.69) is 25.9 Å². The maximum Gasteiger partial charge on any atom is 0.273 e. The minimum absolute atomic E-state index is 0.0247. The first-order valence-electron chi connectivity index (χ1n) is 13.1. The standard InChI is InChI=1S/C27H33N7O5S/c1-16(2)23-27-32-20(15-40-27)25(38)30-18(12-17-6-4-3-5-7-17)26-31-19(14-39-26)24(37)29-10-11-34(13-21(35)33-23)22(36)8-9-28/h3-7,14-16,18,23H,8-13,28H2,1-2H3,(H,29,37)(H,30,38)(H,33,35)/t18-,23-/m0/s1. The van der Waals surface area contributed by atoms with Gasteiger partial charge in [0.05, 0.1) is 12.6 Å². The molecule has 4 rings (SSSR count). The van der Waals surface area contributed by atoms with E-state index in [1.807, 2.05) is 44.2 Å². The zero-order valence-electron chi connectivity index (χ0n) is 22.4. The van der Waals surface area contributed by atoms with E-state index in [4.69, 9.17) is 10.2 Å². The molecule has 0 saturated heterocycles. The summed E-state index contributed by atoms with van der Waals surface area (Å²) in [6.45, 7) is 3.96. The average molecular weight is 568 g/mol. The molecular weight excluding hydrogens is 534 g/mol. The number of fused-ring (bicyclic) bond motifs is 4. The first-order chi connectivity index (χ1) is 19.2. The van der Waals surface area contributed by atoms with Crippen LogP contribution >= 0.6 is 11.3 Å². The molecule has 40 heavy (non-hydrogen) atoms. The lowest BCUT2D eigenvalue weighted by atomic mass is 10.0. The van der Waals surface area contributed by atoms with Gasteiger partial charge in [0, 0.05) is 37.9 Å². The molecule has 2 aromatic heterocycles. The van der Waals surface area contributed by atoms with Crippen molar-refractivity contribution in [3.63, 3.8) is 0 Å². The average Bonchev–Trinajstić information content (AvgIpc) is 3.62. The summed E-state index contributed by atoms with van der Waals surface area (Å²) in [6.07, 6.45) is 1.66. The Morgan fingerprint density at radius 1 is 1.12 bits per heavy atom. The molecule has 4 bridgehead atoms. The third-order valence-corrected chi connectivity index (χ3v) is 7.28. The van der Waals surface area contributed by atoms with Gasteiger partial charge in [-0.25, -0.2) is 9.97 Å². The third kappa shape index (κ3) is 7.30. The minimum atomic E-state index is -0.676. The molecular formula is C27H33N7O5S. The maximum absolute atomic E-state index is 13.3. The number of amides is 4. The normalized spacial score (nSPS) is 18.9. The molecule has 3 heterocycles. The fraction of sp³-hybridized carbons (Fsp3) is 0.407. The highest BCUT2D eigenvalue weighted by Gasteiger charge is 2.28. The van der Waals surface area contributed by atoms with E-state index in [9.17, 15) is 19.2 Å². The number of hydrogen-bond acceptors (Lipinski definition) is 9. The van der Waals surface area contributed by atoms with E-state index in [0.717, 1.165) is 5.56 Å². The Morgan fingerprint density at radius 2 is 1.90 bits per heavy atom. The van der Waals surface area contributed by atoms with Gasteiger partial charge in [-0.3, -0.25) is 19.2 Å². The van der Waals surface area contributed by atoms with Crippen molar-refractivity contribution in [2.75, 3.05) is 26.2 Å². The highest BCUT2D eigenvalue weighted by atomic mass is 32.1. The van der Waals surface area contributed by atoms with Crippen LogP contribution in [0.25, 0.3) is 0 Å². The largest absolute Gasteiger partial charge is 0.446 e. The molecule has 0 aliphatic carbocycles. The number of nitrogens with zero attached hydrogens (tertiary/aromatic N) is 3. The Kier molecular flexibility index (Phi) is 9.61. The Bertz CT molecular complexity index is 1340. The summed E-state index contributed by atoms with van der Waals surface area (Å²) in [5.41, 5.74) is 6.71. The molecule has 0 radical (unpaired) electrons. The van der Waals surface area contributed by atoms with Gasteiger partial charge in [0.15, 0.2) is 5.69 Å². The number of carbonyl (C=O) groups is 4. The van der Waals surface area contributed by atoms with Crippen LogP contribution in [0.2, 0.25) is 0 Å². The molecule has 212 valence electrons. The molecule has 3 aromatic rings. The monoisotopic (exact) mass is 567 g/mol. The lowest BCUT2D eigenvalue weighted by Crippen LogP contribution is -2.46.